The van der Waals surface area contributed by atoms with E-state index < -0.39 is 5.69 Å². The van der Waals surface area contributed by atoms with Gasteiger partial charge in [-0.15, -0.1) is 0 Å². The number of rotatable bonds is 5. The molecule has 0 aliphatic heterocycles. The molecular formula is C20H18ClFN8O2. The highest BCUT2D eigenvalue weighted by atomic mass is 35.5. The first-order chi connectivity index (χ1) is 15.4. The van der Waals surface area contributed by atoms with E-state index in [4.69, 9.17) is 11.6 Å². The van der Waals surface area contributed by atoms with Crippen LogP contribution in [-0.2, 0) is 6.54 Å². The maximum Gasteiger partial charge on any atom is 0.326 e. The van der Waals surface area contributed by atoms with Gasteiger partial charge in [0.2, 0.25) is 11.8 Å². The summed E-state index contributed by atoms with van der Waals surface area (Å²) in [6.45, 7) is 1.74. The van der Waals surface area contributed by atoms with Crippen molar-refractivity contribution in [3.63, 3.8) is 0 Å². The lowest BCUT2D eigenvalue weighted by molar-refractivity contribution is 0.454. The van der Waals surface area contributed by atoms with Crippen molar-refractivity contribution in [1.29, 1.82) is 0 Å². The molecule has 1 saturated carbocycles. The summed E-state index contributed by atoms with van der Waals surface area (Å²) in [5.41, 5.74) is 1.20. The molecule has 1 aromatic carbocycles. The largest absolute Gasteiger partial charge is 0.493 e. The predicted molar refractivity (Wildman–Crippen MR) is 115 cm³/mol. The van der Waals surface area contributed by atoms with Crippen LogP contribution in [0.1, 0.15) is 29.7 Å². The van der Waals surface area contributed by atoms with Crippen LogP contribution >= 0.6 is 11.6 Å². The summed E-state index contributed by atoms with van der Waals surface area (Å²) in [7, 11) is 0. The molecule has 5 rings (SSSR count). The lowest BCUT2D eigenvalue weighted by atomic mass is 10.1. The fourth-order valence-electron chi connectivity index (χ4n) is 3.20. The van der Waals surface area contributed by atoms with Crippen LogP contribution in [0.15, 0.2) is 28.1 Å². The Balaban J connectivity index is 1.60. The average Bonchev–Trinajstić information content (AvgIpc) is 3.39. The number of aromatic nitrogens is 6. The number of anilines is 1. The number of hydrogen-bond donors (Lipinski definition) is 4. The van der Waals surface area contributed by atoms with Gasteiger partial charge in [-0.05, 0) is 37.5 Å². The summed E-state index contributed by atoms with van der Waals surface area (Å²) in [4.78, 5) is 29.7. The maximum absolute atomic E-state index is 14.5. The summed E-state index contributed by atoms with van der Waals surface area (Å²) >= 11 is 6.17. The van der Waals surface area contributed by atoms with Crippen LogP contribution in [0.2, 0.25) is 5.02 Å². The highest BCUT2D eigenvalue weighted by Crippen LogP contribution is 2.23. The minimum absolute atomic E-state index is 0.0739. The van der Waals surface area contributed by atoms with E-state index in [0.717, 1.165) is 12.8 Å². The van der Waals surface area contributed by atoms with E-state index in [1.807, 2.05) is 0 Å². The van der Waals surface area contributed by atoms with E-state index in [1.54, 1.807) is 19.1 Å². The van der Waals surface area contributed by atoms with Crippen molar-refractivity contribution in [3.05, 3.63) is 67.3 Å². The van der Waals surface area contributed by atoms with Crippen molar-refractivity contribution >= 4 is 29.3 Å². The molecule has 10 nitrogen and oxygen atoms in total. The fraction of sp³-hybridized carbons (Fsp3) is 0.250. The molecule has 164 valence electrons. The number of aromatic hydroxyl groups is 1. The lowest BCUT2D eigenvalue weighted by Gasteiger charge is -2.10. The second-order valence-corrected chi connectivity index (χ2v) is 7.95. The number of nitrogens with zero attached hydrogens (tertiary/aromatic N) is 5. The summed E-state index contributed by atoms with van der Waals surface area (Å²) in [5, 5.41) is 18.0. The lowest BCUT2D eigenvalue weighted by Crippen LogP contribution is -2.25. The molecule has 12 heteroatoms. The monoisotopic (exact) mass is 456 g/mol. The number of aromatic amines is 2. The van der Waals surface area contributed by atoms with E-state index >= 15 is 0 Å². The Morgan fingerprint density at radius 3 is 2.91 bits per heavy atom. The first-order valence-corrected chi connectivity index (χ1v) is 10.3. The molecule has 0 bridgehead atoms. The number of aryl methyl sites for hydroxylation is 1. The summed E-state index contributed by atoms with van der Waals surface area (Å²) in [6, 6.07) is 3.43. The Morgan fingerprint density at radius 2 is 2.19 bits per heavy atom. The van der Waals surface area contributed by atoms with E-state index in [9.17, 15) is 14.3 Å². The molecule has 0 spiro atoms. The molecule has 0 radical (unpaired) electrons. The predicted octanol–water partition coefficient (Wildman–Crippen LogP) is 1.17. The van der Waals surface area contributed by atoms with Crippen LogP contribution in [0.25, 0.3) is 11.7 Å². The van der Waals surface area contributed by atoms with Crippen molar-refractivity contribution in [2.45, 2.75) is 32.4 Å². The second-order valence-electron chi connectivity index (χ2n) is 7.54. The van der Waals surface area contributed by atoms with Gasteiger partial charge in [0.25, 0.3) is 5.62 Å². The molecule has 32 heavy (non-hydrogen) atoms. The van der Waals surface area contributed by atoms with Crippen molar-refractivity contribution in [2.24, 2.45) is 4.99 Å². The summed E-state index contributed by atoms with van der Waals surface area (Å²) in [5.74, 6) is -0.468. The van der Waals surface area contributed by atoms with Gasteiger partial charge >= 0.3 is 5.69 Å². The van der Waals surface area contributed by atoms with Gasteiger partial charge in [-0.3, -0.25) is 4.98 Å². The number of halogens is 2. The van der Waals surface area contributed by atoms with E-state index in [0.29, 0.717) is 32.6 Å². The van der Waals surface area contributed by atoms with Crippen molar-refractivity contribution < 1.29 is 9.50 Å². The maximum atomic E-state index is 14.5. The van der Waals surface area contributed by atoms with E-state index in [2.05, 4.69) is 35.3 Å². The summed E-state index contributed by atoms with van der Waals surface area (Å²) < 4.78 is 16.0. The van der Waals surface area contributed by atoms with Crippen LogP contribution in [0.5, 0.6) is 5.88 Å². The molecule has 3 heterocycles. The van der Waals surface area contributed by atoms with Crippen LogP contribution in [0.3, 0.4) is 0 Å². The molecule has 0 saturated heterocycles. The number of nitrogens with one attached hydrogen (secondary N) is 3. The Morgan fingerprint density at radius 1 is 1.38 bits per heavy atom. The average molecular weight is 457 g/mol. The topological polar surface area (TPSA) is 136 Å². The van der Waals surface area contributed by atoms with Gasteiger partial charge < -0.3 is 15.4 Å². The zero-order valence-corrected chi connectivity index (χ0v) is 17.6. The van der Waals surface area contributed by atoms with Crippen molar-refractivity contribution in [2.75, 3.05) is 5.32 Å². The molecule has 4 aromatic rings. The molecule has 0 atom stereocenters. The smallest absolute Gasteiger partial charge is 0.326 e. The Hall–Kier alpha value is -3.73. The Kier molecular flexibility index (Phi) is 4.89. The van der Waals surface area contributed by atoms with Crippen molar-refractivity contribution in [1.82, 2.24) is 29.5 Å². The zero-order chi connectivity index (χ0) is 22.4. The number of fused-ring (bicyclic) bond motifs is 1. The minimum Gasteiger partial charge on any atom is -0.493 e. The van der Waals surface area contributed by atoms with Gasteiger partial charge in [0.15, 0.2) is 5.65 Å². The Labute approximate surface area is 184 Å². The molecule has 0 unspecified atom stereocenters. The van der Waals surface area contributed by atoms with Crippen LogP contribution in [0, 0.1) is 12.7 Å². The van der Waals surface area contributed by atoms with Gasteiger partial charge in [-0.1, -0.05) is 17.7 Å². The first-order valence-electron chi connectivity index (χ1n) is 9.89. The zero-order valence-electron chi connectivity index (χ0n) is 16.9. The molecule has 4 N–H and O–H groups in total. The number of imidazole rings is 1. The van der Waals surface area contributed by atoms with Gasteiger partial charge in [0, 0.05) is 22.3 Å². The third-order valence-corrected chi connectivity index (χ3v) is 5.41. The molecule has 0 amide bonds. The van der Waals surface area contributed by atoms with E-state index in [1.165, 1.54) is 16.8 Å². The van der Waals surface area contributed by atoms with Gasteiger partial charge in [-0.25, -0.2) is 14.2 Å². The SMILES string of the molecule is Cc1ccc(Cl)c(CNc2nc(=NC3CC3)n3nc/c(=C\c4[nH]c(=O)[nH]c4O)c3n2)c1F. The minimum atomic E-state index is -0.538. The van der Waals surface area contributed by atoms with Crippen LogP contribution < -0.4 is 21.8 Å². The third-order valence-electron chi connectivity index (χ3n) is 5.06. The van der Waals surface area contributed by atoms with E-state index in [-0.39, 0.29) is 35.9 Å². The van der Waals surface area contributed by atoms with Crippen LogP contribution in [-0.4, -0.2) is 40.7 Å². The molecular weight excluding hydrogens is 439 g/mol. The summed E-state index contributed by atoms with van der Waals surface area (Å²) in [6.07, 6.45) is 5.00. The highest BCUT2D eigenvalue weighted by Gasteiger charge is 2.21. The third kappa shape index (κ3) is 3.82. The number of H-pyrrole nitrogens is 2. The standard InChI is InChI=1S/C20H18ClFN8O2/c1-9-2-5-13(21)12(15(9)22)8-23-18-27-16-10(6-14-17(31)28-20(32)26-14)7-24-30(16)19(29-18)25-11-3-4-11/h2,5-7,11,31H,3-4,8H2,1H3,(H,23,25,29)(H2,26,28,32)/b10-6+. The Bertz CT molecular complexity index is 1520. The normalized spacial score (nSPS) is 15.1. The highest BCUT2D eigenvalue weighted by molar-refractivity contribution is 6.31. The number of hydrogen-bond acceptors (Lipinski definition) is 7. The van der Waals surface area contributed by atoms with Crippen LogP contribution in [0.4, 0.5) is 10.3 Å². The van der Waals surface area contributed by atoms with Crippen molar-refractivity contribution in [3.8, 4) is 5.88 Å². The quantitative estimate of drug-likeness (QED) is 0.356. The number of benzene rings is 1. The molecule has 1 aliphatic rings. The van der Waals surface area contributed by atoms with Gasteiger partial charge in [-0.2, -0.15) is 19.6 Å². The molecule has 1 aliphatic carbocycles. The second kappa shape index (κ2) is 7.75. The molecule has 1 fully saturated rings. The first kappa shape index (κ1) is 20.2. The molecule has 3 aromatic heterocycles. The fourth-order valence-corrected chi connectivity index (χ4v) is 3.42. The van der Waals surface area contributed by atoms with Gasteiger partial charge in [0.1, 0.15) is 11.5 Å². The van der Waals surface area contributed by atoms with Gasteiger partial charge in [0.05, 0.1) is 12.2 Å².